The molecule has 0 saturated carbocycles. The number of rotatable bonds is 6. The van der Waals surface area contributed by atoms with E-state index in [9.17, 15) is 0 Å². The molecular weight excluding hydrogens is 667 g/mol. The van der Waals surface area contributed by atoms with Gasteiger partial charge in [0.05, 0.1) is 6.04 Å². The minimum atomic E-state index is -0.142. The molecule has 10 rings (SSSR count). The Morgan fingerprint density at radius 3 is 2.24 bits per heavy atom. The zero-order chi connectivity index (χ0) is 37.1. The van der Waals surface area contributed by atoms with Crippen molar-refractivity contribution >= 4 is 28.2 Å². The Kier molecular flexibility index (Phi) is 7.88. The second-order valence-corrected chi connectivity index (χ2v) is 16.1. The first-order valence-electron chi connectivity index (χ1n) is 19.7. The van der Waals surface area contributed by atoms with Crippen LogP contribution in [-0.2, 0) is 10.8 Å². The summed E-state index contributed by atoms with van der Waals surface area (Å²) in [6, 6.07) is 40.4. The molecule has 0 bridgehead atoms. The summed E-state index contributed by atoms with van der Waals surface area (Å²) in [7, 11) is 0. The van der Waals surface area contributed by atoms with Crippen molar-refractivity contribution in [3.63, 3.8) is 0 Å². The maximum absolute atomic E-state index is 4.37. The minimum Gasteiger partial charge on any atom is -0.337 e. The van der Waals surface area contributed by atoms with Crippen LogP contribution in [0.3, 0.4) is 0 Å². The lowest BCUT2D eigenvalue weighted by Crippen LogP contribution is -2.41. The number of para-hydroxylation sites is 1. The van der Waals surface area contributed by atoms with Gasteiger partial charge < -0.3 is 9.80 Å². The lowest BCUT2D eigenvalue weighted by Gasteiger charge is -2.37. The fourth-order valence-electron chi connectivity index (χ4n) is 9.65. The Morgan fingerprint density at radius 1 is 0.745 bits per heavy atom. The van der Waals surface area contributed by atoms with Gasteiger partial charge in [-0.2, -0.15) is 0 Å². The molecule has 3 nitrogen and oxygen atoms in total. The average molecular weight is 712 g/mol. The summed E-state index contributed by atoms with van der Waals surface area (Å²) in [6.45, 7) is 7.15. The first-order chi connectivity index (χ1) is 26.9. The molecule has 0 N–H and O–H groups in total. The van der Waals surface area contributed by atoms with Crippen LogP contribution >= 0.6 is 0 Å². The molecule has 1 aliphatic heterocycles. The van der Waals surface area contributed by atoms with E-state index in [1.807, 2.05) is 18.5 Å². The van der Waals surface area contributed by atoms with Crippen molar-refractivity contribution < 1.29 is 0 Å². The number of anilines is 3. The van der Waals surface area contributed by atoms with Crippen LogP contribution in [0, 0.1) is 0 Å². The van der Waals surface area contributed by atoms with Gasteiger partial charge in [-0.1, -0.05) is 129 Å². The van der Waals surface area contributed by atoms with Gasteiger partial charge in [-0.3, -0.25) is 4.98 Å². The van der Waals surface area contributed by atoms with Crippen LogP contribution in [0.5, 0.6) is 0 Å². The van der Waals surface area contributed by atoms with Gasteiger partial charge in [-0.15, -0.1) is 0 Å². The molecular formula is C52H45N3. The normalized spacial score (nSPS) is 21.5. The maximum Gasteiger partial charge on any atom is 0.0652 e. The Balaban J connectivity index is 1.03. The topological polar surface area (TPSA) is 19.4 Å². The smallest absolute Gasteiger partial charge is 0.0652 e. The average Bonchev–Trinajstić information content (AvgIpc) is 3.47. The summed E-state index contributed by atoms with van der Waals surface area (Å²) < 4.78 is 0. The van der Waals surface area contributed by atoms with E-state index in [2.05, 4.69) is 193 Å². The first-order valence-corrected chi connectivity index (χ1v) is 19.7. The third-order valence-electron chi connectivity index (χ3n) is 12.5. The van der Waals surface area contributed by atoms with Gasteiger partial charge in [-0.25, -0.2) is 0 Å². The summed E-state index contributed by atoms with van der Waals surface area (Å²) >= 11 is 0. The quantitative estimate of drug-likeness (QED) is 0.175. The largest absolute Gasteiger partial charge is 0.337 e. The van der Waals surface area contributed by atoms with Crippen LogP contribution in [0.15, 0.2) is 193 Å². The van der Waals surface area contributed by atoms with Gasteiger partial charge in [0.25, 0.3) is 0 Å². The molecule has 2 heterocycles. The summed E-state index contributed by atoms with van der Waals surface area (Å²) in [6.07, 6.45) is 28.1. The minimum absolute atomic E-state index is 0.0992. The number of nitrogens with zero attached hydrogens (tertiary/aromatic N) is 3. The Hall–Kier alpha value is -6.19. The molecule has 0 amide bonds. The third-order valence-corrected chi connectivity index (χ3v) is 12.5. The molecule has 0 saturated heterocycles. The number of hydrogen-bond donors (Lipinski definition) is 0. The van der Waals surface area contributed by atoms with Crippen molar-refractivity contribution in [2.45, 2.75) is 56.9 Å². The molecule has 1 aromatic heterocycles. The molecule has 55 heavy (non-hydrogen) atoms. The van der Waals surface area contributed by atoms with Crippen molar-refractivity contribution in [3.05, 3.63) is 215 Å². The molecule has 2 unspecified atom stereocenters. The second kappa shape index (κ2) is 13.0. The van der Waals surface area contributed by atoms with Gasteiger partial charge in [0.2, 0.25) is 0 Å². The van der Waals surface area contributed by atoms with Crippen LogP contribution in [0.1, 0.15) is 62.3 Å². The third kappa shape index (κ3) is 5.44. The van der Waals surface area contributed by atoms with Gasteiger partial charge >= 0.3 is 0 Å². The second-order valence-electron chi connectivity index (χ2n) is 16.1. The maximum atomic E-state index is 4.37. The summed E-state index contributed by atoms with van der Waals surface area (Å²) in [5.41, 5.74) is 17.6. The SMILES string of the molecule is CC1(C)C2=CC(N(c3ccc(C4=CC5(C)c6ccccc6N(C6=CC=CCC6)C5C=C4)cc3)c3ccc(-c4cccnc4)cc3)=CCC=C2c2ccccc21. The summed E-state index contributed by atoms with van der Waals surface area (Å²) in [5.74, 6) is 0. The molecule has 0 radical (unpaired) electrons. The number of hydrogen-bond acceptors (Lipinski definition) is 3. The van der Waals surface area contributed by atoms with Crippen LogP contribution < -0.4 is 9.80 Å². The molecule has 0 fully saturated rings. The Morgan fingerprint density at radius 2 is 1.49 bits per heavy atom. The predicted octanol–water partition coefficient (Wildman–Crippen LogP) is 12.8. The number of benzene rings is 4. The van der Waals surface area contributed by atoms with Crippen LogP contribution in [0.2, 0.25) is 0 Å². The van der Waals surface area contributed by atoms with E-state index in [0.717, 1.165) is 41.8 Å². The van der Waals surface area contributed by atoms with Crippen molar-refractivity contribution in [1.82, 2.24) is 4.98 Å². The lowest BCUT2D eigenvalue weighted by atomic mass is 9.73. The number of allylic oxidation sites excluding steroid dienone is 11. The van der Waals surface area contributed by atoms with E-state index in [1.54, 1.807) is 0 Å². The summed E-state index contributed by atoms with van der Waals surface area (Å²) in [5, 5.41) is 0. The van der Waals surface area contributed by atoms with Gasteiger partial charge in [0, 0.05) is 51.7 Å². The van der Waals surface area contributed by atoms with Gasteiger partial charge in [0.1, 0.15) is 0 Å². The van der Waals surface area contributed by atoms with E-state index >= 15 is 0 Å². The molecule has 5 aliphatic rings. The Labute approximate surface area is 325 Å². The molecule has 268 valence electrons. The standard InChI is InChI=1S/C52H45N3/c1-51(2)46-19-8-7-17-44(46)45-18-11-16-43(33-48(45)51)54(42-29-24-37(25-30-42)39-13-12-32-53-35-39)41-27-22-36(23-28-41)38-26-31-50-52(3,34-38)47-20-9-10-21-49(47)55(50)40-14-5-4-6-15-40/h4-5,7-10,12-14,16-35,50H,6,11,15H2,1-3H3. The lowest BCUT2D eigenvalue weighted by molar-refractivity contribution is 0.539. The summed E-state index contributed by atoms with van der Waals surface area (Å²) in [4.78, 5) is 9.38. The molecule has 0 spiro atoms. The zero-order valence-corrected chi connectivity index (χ0v) is 31.8. The van der Waals surface area contributed by atoms with Crippen molar-refractivity contribution in [1.29, 1.82) is 0 Å². The highest BCUT2D eigenvalue weighted by molar-refractivity contribution is 5.91. The molecule has 4 aliphatic carbocycles. The van der Waals surface area contributed by atoms with Crippen LogP contribution in [0.25, 0.3) is 22.3 Å². The molecule has 4 aromatic carbocycles. The van der Waals surface area contributed by atoms with E-state index in [-0.39, 0.29) is 16.9 Å². The van der Waals surface area contributed by atoms with Gasteiger partial charge in [0.15, 0.2) is 0 Å². The fourth-order valence-corrected chi connectivity index (χ4v) is 9.65. The zero-order valence-electron chi connectivity index (χ0n) is 31.8. The fraction of sp³-hybridized carbons (Fsp3) is 0.173. The monoisotopic (exact) mass is 711 g/mol. The Bertz CT molecular complexity index is 2540. The van der Waals surface area contributed by atoms with Crippen molar-refractivity contribution in [2.24, 2.45) is 0 Å². The van der Waals surface area contributed by atoms with Crippen molar-refractivity contribution in [3.8, 4) is 11.1 Å². The van der Waals surface area contributed by atoms with Gasteiger partial charge in [-0.05, 0) is 125 Å². The first kappa shape index (κ1) is 33.4. The number of aromatic nitrogens is 1. The number of fused-ring (bicyclic) bond motifs is 6. The molecule has 5 aromatic rings. The van der Waals surface area contributed by atoms with E-state index < -0.39 is 0 Å². The predicted molar refractivity (Wildman–Crippen MR) is 230 cm³/mol. The van der Waals surface area contributed by atoms with E-state index in [0.29, 0.717) is 0 Å². The highest BCUT2D eigenvalue weighted by atomic mass is 15.2. The van der Waals surface area contributed by atoms with Crippen molar-refractivity contribution in [2.75, 3.05) is 9.80 Å². The highest BCUT2D eigenvalue weighted by Crippen LogP contribution is 2.53. The van der Waals surface area contributed by atoms with Crippen LogP contribution in [0.4, 0.5) is 17.1 Å². The van der Waals surface area contributed by atoms with E-state index in [1.165, 1.54) is 56.1 Å². The highest BCUT2D eigenvalue weighted by Gasteiger charge is 2.47. The molecule has 3 heteroatoms. The van der Waals surface area contributed by atoms with Crippen LogP contribution in [-0.4, -0.2) is 11.0 Å². The van der Waals surface area contributed by atoms with E-state index in [4.69, 9.17) is 0 Å². The number of pyridine rings is 1. The molecule has 2 atom stereocenters.